The summed E-state index contributed by atoms with van der Waals surface area (Å²) < 4.78 is 5.15. The Balaban J connectivity index is 2.55. The fourth-order valence-corrected chi connectivity index (χ4v) is 1.40. The standard InChI is InChI=1S/C12H19N3O2/c1-3-14-11-9-13-6-5-10(11)12(16)15-7-8-17-4-2/h5-6,9,14H,3-4,7-8H2,1-2H3,(H,15,16). The average Bonchev–Trinajstić information content (AvgIpc) is 2.35. The lowest BCUT2D eigenvalue weighted by Crippen LogP contribution is -2.28. The minimum Gasteiger partial charge on any atom is -0.383 e. The van der Waals surface area contributed by atoms with Gasteiger partial charge in [0.15, 0.2) is 0 Å². The van der Waals surface area contributed by atoms with Crippen molar-refractivity contribution >= 4 is 11.6 Å². The number of anilines is 1. The van der Waals surface area contributed by atoms with Crippen LogP contribution in [0.5, 0.6) is 0 Å². The smallest absolute Gasteiger partial charge is 0.253 e. The van der Waals surface area contributed by atoms with Crippen LogP contribution in [0, 0.1) is 0 Å². The number of carbonyl (C=O) groups is 1. The quantitative estimate of drug-likeness (QED) is 0.701. The van der Waals surface area contributed by atoms with Crippen LogP contribution >= 0.6 is 0 Å². The molecule has 2 N–H and O–H groups in total. The predicted octanol–water partition coefficient (Wildman–Crippen LogP) is 1.28. The van der Waals surface area contributed by atoms with E-state index in [4.69, 9.17) is 4.74 Å². The van der Waals surface area contributed by atoms with Gasteiger partial charge in [-0.15, -0.1) is 0 Å². The van der Waals surface area contributed by atoms with Crippen molar-refractivity contribution < 1.29 is 9.53 Å². The zero-order valence-corrected chi connectivity index (χ0v) is 10.3. The summed E-state index contributed by atoms with van der Waals surface area (Å²) in [6.07, 6.45) is 3.26. The van der Waals surface area contributed by atoms with Crippen LogP contribution in [0.3, 0.4) is 0 Å². The van der Waals surface area contributed by atoms with Crippen molar-refractivity contribution in [1.82, 2.24) is 10.3 Å². The molecule has 0 aliphatic rings. The van der Waals surface area contributed by atoms with Gasteiger partial charge in [-0.1, -0.05) is 0 Å². The highest BCUT2D eigenvalue weighted by molar-refractivity contribution is 5.99. The Kier molecular flexibility index (Phi) is 6.03. The minimum atomic E-state index is -0.108. The fourth-order valence-electron chi connectivity index (χ4n) is 1.40. The monoisotopic (exact) mass is 237 g/mol. The molecule has 1 aromatic heterocycles. The maximum absolute atomic E-state index is 11.9. The molecule has 1 amide bonds. The maximum Gasteiger partial charge on any atom is 0.253 e. The Morgan fingerprint density at radius 2 is 2.29 bits per heavy atom. The van der Waals surface area contributed by atoms with Gasteiger partial charge in [0, 0.05) is 25.9 Å². The van der Waals surface area contributed by atoms with Gasteiger partial charge in [0.25, 0.3) is 5.91 Å². The van der Waals surface area contributed by atoms with Gasteiger partial charge in [0.05, 0.1) is 24.1 Å². The summed E-state index contributed by atoms with van der Waals surface area (Å²) in [7, 11) is 0. The van der Waals surface area contributed by atoms with Gasteiger partial charge in [0.2, 0.25) is 0 Å². The number of nitrogens with one attached hydrogen (secondary N) is 2. The van der Waals surface area contributed by atoms with E-state index >= 15 is 0 Å². The summed E-state index contributed by atoms with van der Waals surface area (Å²) in [5.41, 5.74) is 1.36. The van der Waals surface area contributed by atoms with E-state index in [9.17, 15) is 4.79 Å². The van der Waals surface area contributed by atoms with Crippen molar-refractivity contribution in [3.05, 3.63) is 24.0 Å². The van der Waals surface area contributed by atoms with Crippen molar-refractivity contribution in [3.8, 4) is 0 Å². The van der Waals surface area contributed by atoms with Crippen LogP contribution in [-0.2, 0) is 4.74 Å². The van der Waals surface area contributed by atoms with Gasteiger partial charge in [0.1, 0.15) is 0 Å². The maximum atomic E-state index is 11.9. The van der Waals surface area contributed by atoms with E-state index in [1.165, 1.54) is 0 Å². The topological polar surface area (TPSA) is 63.2 Å². The van der Waals surface area contributed by atoms with Crippen molar-refractivity contribution in [2.75, 3.05) is 31.6 Å². The van der Waals surface area contributed by atoms with Crippen molar-refractivity contribution in [2.24, 2.45) is 0 Å². The van der Waals surface area contributed by atoms with E-state index in [0.717, 1.165) is 12.2 Å². The first kappa shape index (κ1) is 13.4. The highest BCUT2D eigenvalue weighted by atomic mass is 16.5. The van der Waals surface area contributed by atoms with Crippen LogP contribution in [-0.4, -0.2) is 37.2 Å². The second-order valence-electron chi connectivity index (χ2n) is 3.40. The Morgan fingerprint density at radius 3 is 3.00 bits per heavy atom. The van der Waals surface area contributed by atoms with E-state index < -0.39 is 0 Å². The van der Waals surface area contributed by atoms with Gasteiger partial charge in [-0.25, -0.2) is 0 Å². The van der Waals surface area contributed by atoms with Crippen LogP contribution in [0.25, 0.3) is 0 Å². The number of carbonyl (C=O) groups excluding carboxylic acids is 1. The van der Waals surface area contributed by atoms with Crippen LogP contribution in [0.1, 0.15) is 24.2 Å². The van der Waals surface area contributed by atoms with E-state index in [0.29, 0.717) is 25.3 Å². The molecule has 0 aromatic carbocycles. The second-order valence-corrected chi connectivity index (χ2v) is 3.40. The Bertz CT molecular complexity index is 355. The average molecular weight is 237 g/mol. The van der Waals surface area contributed by atoms with Crippen molar-refractivity contribution in [2.45, 2.75) is 13.8 Å². The Labute approximate surface area is 102 Å². The number of ether oxygens (including phenoxy) is 1. The molecule has 17 heavy (non-hydrogen) atoms. The number of amides is 1. The molecule has 0 radical (unpaired) electrons. The summed E-state index contributed by atoms with van der Waals surface area (Å²) in [6, 6.07) is 1.70. The molecule has 0 atom stereocenters. The first-order chi connectivity index (χ1) is 8.29. The van der Waals surface area contributed by atoms with Gasteiger partial charge in [-0.2, -0.15) is 0 Å². The molecule has 0 fully saturated rings. The second kappa shape index (κ2) is 7.62. The first-order valence-electron chi connectivity index (χ1n) is 5.83. The molecule has 0 saturated heterocycles. The summed E-state index contributed by atoms with van der Waals surface area (Å²) in [5, 5.41) is 5.90. The van der Waals surface area contributed by atoms with Crippen molar-refractivity contribution in [3.63, 3.8) is 0 Å². The Hall–Kier alpha value is -1.62. The summed E-state index contributed by atoms with van der Waals surface area (Å²) in [5.74, 6) is -0.108. The van der Waals surface area contributed by atoms with E-state index in [2.05, 4.69) is 15.6 Å². The van der Waals surface area contributed by atoms with Crippen LogP contribution in [0.2, 0.25) is 0 Å². The summed E-state index contributed by atoms with van der Waals surface area (Å²) in [4.78, 5) is 15.9. The summed E-state index contributed by atoms with van der Waals surface area (Å²) >= 11 is 0. The number of rotatable bonds is 7. The molecule has 1 rings (SSSR count). The molecule has 5 nitrogen and oxygen atoms in total. The highest BCUT2D eigenvalue weighted by Crippen LogP contribution is 2.12. The lowest BCUT2D eigenvalue weighted by Gasteiger charge is -2.10. The third kappa shape index (κ3) is 4.40. The van der Waals surface area contributed by atoms with Gasteiger partial charge in [-0.3, -0.25) is 9.78 Å². The molecule has 0 aliphatic heterocycles. The van der Waals surface area contributed by atoms with Gasteiger partial charge < -0.3 is 15.4 Å². The van der Waals surface area contributed by atoms with Crippen LogP contribution in [0.15, 0.2) is 18.5 Å². The molecule has 0 spiro atoms. The number of pyridine rings is 1. The lowest BCUT2D eigenvalue weighted by atomic mass is 10.2. The third-order valence-electron chi connectivity index (χ3n) is 2.17. The fraction of sp³-hybridized carbons (Fsp3) is 0.500. The summed E-state index contributed by atoms with van der Waals surface area (Å²) in [6.45, 7) is 6.36. The molecular formula is C12H19N3O2. The van der Waals surface area contributed by atoms with E-state index in [-0.39, 0.29) is 5.91 Å². The SMILES string of the molecule is CCNc1cnccc1C(=O)NCCOCC. The minimum absolute atomic E-state index is 0.108. The molecular weight excluding hydrogens is 218 g/mol. The zero-order valence-electron chi connectivity index (χ0n) is 10.3. The predicted molar refractivity (Wildman–Crippen MR) is 67.2 cm³/mol. The molecule has 94 valence electrons. The number of hydrogen-bond acceptors (Lipinski definition) is 4. The zero-order chi connectivity index (χ0) is 12.5. The molecule has 1 aromatic rings. The third-order valence-corrected chi connectivity index (χ3v) is 2.17. The largest absolute Gasteiger partial charge is 0.383 e. The molecule has 0 saturated carbocycles. The van der Waals surface area contributed by atoms with Crippen molar-refractivity contribution in [1.29, 1.82) is 0 Å². The lowest BCUT2D eigenvalue weighted by molar-refractivity contribution is 0.0923. The van der Waals surface area contributed by atoms with Gasteiger partial charge >= 0.3 is 0 Å². The number of aromatic nitrogens is 1. The Morgan fingerprint density at radius 1 is 1.47 bits per heavy atom. The highest BCUT2D eigenvalue weighted by Gasteiger charge is 2.09. The molecule has 0 bridgehead atoms. The normalized spacial score (nSPS) is 10.0. The van der Waals surface area contributed by atoms with Gasteiger partial charge in [-0.05, 0) is 19.9 Å². The molecule has 1 heterocycles. The molecule has 5 heteroatoms. The van der Waals surface area contributed by atoms with Crippen LogP contribution < -0.4 is 10.6 Å². The van der Waals surface area contributed by atoms with E-state index in [1.54, 1.807) is 18.5 Å². The molecule has 0 aliphatic carbocycles. The first-order valence-corrected chi connectivity index (χ1v) is 5.83. The number of hydrogen-bond donors (Lipinski definition) is 2. The van der Waals surface area contributed by atoms with Crippen LogP contribution in [0.4, 0.5) is 5.69 Å². The number of nitrogens with zero attached hydrogens (tertiary/aromatic N) is 1. The molecule has 0 unspecified atom stereocenters. The van der Waals surface area contributed by atoms with E-state index in [1.807, 2.05) is 13.8 Å².